The summed E-state index contributed by atoms with van der Waals surface area (Å²) >= 11 is 1.15. The third-order valence-corrected chi connectivity index (χ3v) is 4.76. The van der Waals surface area contributed by atoms with Crippen LogP contribution in [0.2, 0.25) is 0 Å². The number of fused-ring (bicyclic) bond motifs is 1. The minimum absolute atomic E-state index is 0.0570. The van der Waals surface area contributed by atoms with Gasteiger partial charge in [0.1, 0.15) is 5.82 Å². The molecule has 26 heavy (non-hydrogen) atoms. The van der Waals surface area contributed by atoms with E-state index in [4.69, 9.17) is 0 Å². The molecule has 0 aliphatic heterocycles. The highest BCUT2D eigenvalue weighted by Crippen LogP contribution is 2.37. The second kappa shape index (κ2) is 6.22. The van der Waals surface area contributed by atoms with E-state index in [0.29, 0.717) is 11.1 Å². The van der Waals surface area contributed by atoms with Crippen LogP contribution < -0.4 is 0 Å². The first-order valence-electron chi connectivity index (χ1n) is 7.50. The van der Waals surface area contributed by atoms with Gasteiger partial charge in [-0.3, -0.25) is 0 Å². The van der Waals surface area contributed by atoms with Crippen LogP contribution in [-0.4, -0.2) is 15.1 Å². The topological polar surface area (TPSA) is 48.9 Å². The van der Waals surface area contributed by atoms with Crippen molar-refractivity contribution in [2.75, 3.05) is 0 Å². The molecule has 0 aliphatic rings. The van der Waals surface area contributed by atoms with Gasteiger partial charge in [-0.15, -0.1) is 0 Å². The summed E-state index contributed by atoms with van der Waals surface area (Å²) in [5.41, 5.74) is -0.543. The van der Waals surface area contributed by atoms with E-state index in [-0.39, 0.29) is 23.5 Å². The molecule has 4 rings (SSSR count). The molecule has 2 aromatic heterocycles. The first-order chi connectivity index (χ1) is 12.5. The lowest BCUT2D eigenvalue weighted by Gasteiger charge is -2.09. The molecule has 0 saturated heterocycles. The number of aromatic nitrogens is 2. The number of nitrogens with zero attached hydrogens (tertiary/aromatic N) is 1. The summed E-state index contributed by atoms with van der Waals surface area (Å²) in [5.74, 6) is -6.39. The lowest BCUT2D eigenvalue weighted by molar-refractivity contribution is 0.283. The van der Waals surface area contributed by atoms with Crippen LogP contribution in [0.4, 0.5) is 17.6 Å². The molecule has 132 valence electrons. The van der Waals surface area contributed by atoms with E-state index in [0.717, 1.165) is 11.3 Å². The van der Waals surface area contributed by atoms with Crippen molar-refractivity contribution >= 4 is 22.4 Å². The molecule has 0 aliphatic carbocycles. The Bertz CT molecular complexity index is 1090. The highest BCUT2D eigenvalue weighted by molar-refractivity contribution is 7.08. The SMILES string of the molecule is OCc1cccc2[nH]c(-c3c(F)c(F)c(-c4ccsc4)c(F)c3F)nc12. The molecule has 2 aromatic carbocycles. The van der Waals surface area contributed by atoms with Crippen molar-refractivity contribution < 1.29 is 22.7 Å². The molecule has 0 saturated carbocycles. The van der Waals surface area contributed by atoms with Crippen molar-refractivity contribution in [1.82, 2.24) is 9.97 Å². The Morgan fingerprint density at radius 2 is 1.65 bits per heavy atom. The summed E-state index contributed by atoms with van der Waals surface area (Å²) in [6.07, 6.45) is 0. The van der Waals surface area contributed by atoms with Gasteiger partial charge in [-0.1, -0.05) is 12.1 Å². The summed E-state index contributed by atoms with van der Waals surface area (Å²) < 4.78 is 58.2. The normalized spacial score (nSPS) is 11.4. The number of halogens is 4. The molecule has 0 unspecified atom stereocenters. The van der Waals surface area contributed by atoms with Gasteiger partial charge < -0.3 is 10.1 Å². The van der Waals surface area contributed by atoms with Crippen LogP contribution in [0.15, 0.2) is 35.0 Å². The Kier molecular flexibility index (Phi) is 4.01. The number of aliphatic hydroxyl groups excluding tert-OH is 1. The number of hydrogen-bond donors (Lipinski definition) is 2. The van der Waals surface area contributed by atoms with Crippen LogP contribution in [0.5, 0.6) is 0 Å². The zero-order valence-electron chi connectivity index (χ0n) is 13.0. The molecule has 0 amide bonds. The number of hydrogen-bond acceptors (Lipinski definition) is 3. The van der Waals surface area contributed by atoms with Gasteiger partial charge in [0.25, 0.3) is 0 Å². The molecule has 3 nitrogen and oxygen atoms in total. The van der Waals surface area contributed by atoms with Gasteiger partial charge in [0.15, 0.2) is 23.3 Å². The Balaban J connectivity index is 1.99. The summed E-state index contributed by atoms with van der Waals surface area (Å²) in [5, 5.41) is 12.3. The van der Waals surface area contributed by atoms with Crippen LogP contribution in [0.25, 0.3) is 33.5 Å². The second-order valence-electron chi connectivity index (χ2n) is 5.57. The Hall–Kier alpha value is -2.71. The molecule has 2 N–H and O–H groups in total. The van der Waals surface area contributed by atoms with E-state index in [1.54, 1.807) is 23.6 Å². The summed E-state index contributed by atoms with van der Waals surface area (Å²) in [4.78, 5) is 6.67. The number of aromatic amines is 1. The Morgan fingerprint density at radius 3 is 2.27 bits per heavy atom. The molecule has 8 heteroatoms. The summed E-state index contributed by atoms with van der Waals surface area (Å²) in [7, 11) is 0. The van der Waals surface area contributed by atoms with Crippen LogP contribution in [0.3, 0.4) is 0 Å². The van der Waals surface area contributed by atoms with E-state index >= 15 is 0 Å². The largest absolute Gasteiger partial charge is 0.392 e. The number of nitrogens with one attached hydrogen (secondary N) is 1. The second-order valence-corrected chi connectivity index (χ2v) is 6.35. The number of para-hydroxylation sites is 1. The van der Waals surface area contributed by atoms with Crippen LogP contribution in [-0.2, 0) is 6.61 Å². The maximum absolute atomic E-state index is 14.6. The van der Waals surface area contributed by atoms with Gasteiger partial charge >= 0.3 is 0 Å². The minimum atomic E-state index is -1.53. The van der Waals surface area contributed by atoms with Gasteiger partial charge in [-0.05, 0) is 28.5 Å². The first-order valence-corrected chi connectivity index (χ1v) is 8.44. The number of aliphatic hydroxyl groups is 1. The maximum Gasteiger partial charge on any atom is 0.173 e. The average Bonchev–Trinajstić information content (AvgIpc) is 3.29. The quantitative estimate of drug-likeness (QED) is 0.389. The maximum atomic E-state index is 14.6. The highest BCUT2D eigenvalue weighted by atomic mass is 32.1. The average molecular weight is 378 g/mol. The lowest BCUT2D eigenvalue weighted by atomic mass is 10.0. The zero-order chi connectivity index (χ0) is 18.4. The van der Waals surface area contributed by atoms with Gasteiger partial charge in [-0.2, -0.15) is 11.3 Å². The van der Waals surface area contributed by atoms with Crippen molar-refractivity contribution in [3.05, 3.63) is 63.9 Å². The van der Waals surface area contributed by atoms with Crippen LogP contribution >= 0.6 is 11.3 Å². The van der Waals surface area contributed by atoms with Gasteiger partial charge in [0.2, 0.25) is 0 Å². The summed E-state index contributed by atoms with van der Waals surface area (Å²) in [6, 6.07) is 6.15. The molecule has 0 fully saturated rings. The van der Waals surface area contributed by atoms with E-state index in [1.807, 2.05) is 0 Å². The minimum Gasteiger partial charge on any atom is -0.392 e. The van der Waals surface area contributed by atoms with E-state index < -0.39 is 34.4 Å². The molecular formula is C18H10F4N2OS. The van der Waals surface area contributed by atoms with Crippen molar-refractivity contribution in [1.29, 1.82) is 0 Å². The molecule has 0 spiro atoms. The third kappa shape index (κ3) is 2.41. The predicted molar refractivity (Wildman–Crippen MR) is 90.6 cm³/mol. The molecule has 2 heterocycles. The fraction of sp³-hybridized carbons (Fsp3) is 0.0556. The van der Waals surface area contributed by atoms with Crippen LogP contribution in [0.1, 0.15) is 5.56 Å². The number of thiophene rings is 1. The Labute approximate surface area is 148 Å². The number of H-pyrrole nitrogens is 1. The smallest absolute Gasteiger partial charge is 0.173 e. The van der Waals surface area contributed by atoms with E-state index in [9.17, 15) is 22.7 Å². The van der Waals surface area contributed by atoms with Crippen molar-refractivity contribution in [3.63, 3.8) is 0 Å². The van der Waals surface area contributed by atoms with Crippen LogP contribution in [0, 0.1) is 23.3 Å². The molecule has 0 bridgehead atoms. The van der Waals surface area contributed by atoms with E-state index in [2.05, 4.69) is 9.97 Å². The predicted octanol–water partition coefficient (Wildman–Crippen LogP) is 5.01. The molecule has 0 atom stereocenters. The standard InChI is InChI=1S/C18H10F4N2OS/c19-13-11(9-4-5-26-7-9)14(20)16(22)12(15(13)21)18-23-10-3-1-2-8(6-25)17(10)24-18/h1-5,7,25H,6H2,(H,23,24). The third-order valence-electron chi connectivity index (χ3n) is 4.08. The lowest BCUT2D eigenvalue weighted by Crippen LogP contribution is -2.03. The Morgan fingerprint density at radius 1 is 0.962 bits per heavy atom. The number of imidazole rings is 1. The molecule has 4 aromatic rings. The fourth-order valence-electron chi connectivity index (χ4n) is 2.84. The number of rotatable bonds is 3. The van der Waals surface area contributed by atoms with Gasteiger partial charge in [0.05, 0.1) is 28.8 Å². The van der Waals surface area contributed by atoms with Gasteiger partial charge in [-0.25, -0.2) is 22.5 Å². The zero-order valence-corrected chi connectivity index (χ0v) is 13.8. The van der Waals surface area contributed by atoms with Crippen molar-refractivity contribution in [3.8, 4) is 22.5 Å². The van der Waals surface area contributed by atoms with Crippen molar-refractivity contribution in [2.45, 2.75) is 6.61 Å². The monoisotopic (exact) mass is 378 g/mol. The first kappa shape index (κ1) is 16.7. The van der Waals surface area contributed by atoms with Crippen molar-refractivity contribution in [2.24, 2.45) is 0 Å². The highest BCUT2D eigenvalue weighted by Gasteiger charge is 2.29. The fourth-order valence-corrected chi connectivity index (χ4v) is 3.48. The molecular weight excluding hydrogens is 368 g/mol. The van der Waals surface area contributed by atoms with Gasteiger partial charge in [0, 0.05) is 5.56 Å². The molecule has 0 radical (unpaired) electrons. The summed E-state index contributed by atoms with van der Waals surface area (Å²) in [6.45, 7) is -0.341. The number of benzene rings is 2. The van der Waals surface area contributed by atoms with E-state index in [1.165, 1.54) is 11.4 Å².